The standard InChI is InChI=1S/C11H13NO2/c1-8(12)11(7-13)9-3-5-10(14-2)6-4-9/h3-7H,12H2,1-2H3. The minimum atomic E-state index is 0.519. The minimum absolute atomic E-state index is 0.519. The zero-order valence-corrected chi connectivity index (χ0v) is 8.28. The predicted molar refractivity (Wildman–Crippen MR) is 55.8 cm³/mol. The molecule has 0 radical (unpaired) electrons. The number of aldehydes is 1. The van der Waals surface area contributed by atoms with Crippen LogP contribution in [0.15, 0.2) is 30.0 Å². The van der Waals surface area contributed by atoms with E-state index >= 15 is 0 Å². The van der Waals surface area contributed by atoms with E-state index in [1.807, 2.05) is 0 Å². The number of carbonyl (C=O) groups is 1. The molecular weight excluding hydrogens is 178 g/mol. The lowest BCUT2D eigenvalue weighted by Crippen LogP contribution is -1.98. The topological polar surface area (TPSA) is 52.3 Å². The van der Waals surface area contributed by atoms with Gasteiger partial charge in [-0.3, -0.25) is 4.79 Å². The number of ether oxygens (including phenoxy) is 1. The van der Waals surface area contributed by atoms with Gasteiger partial charge in [0, 0.05) is 11.3 Å². The van der Waals surface area contributed by atoms with Gasteiger partial charge in [-0.25, -0.2) is 0 Å². The van der Waals surface area contributed by atoms with Crippen molar-refractivity contribution in [1.29, 1.82) is 0 Å². The van der Waals surface area contributed by atoms with Crippen LogP contribution in [-0.4, -0.2) is 13.4 Å². The van der Waals surface area contributed by atoms with Crippen LogP contribution in [0.5, 0.6) is 5.75 Å². The SMILES string of the molecule is COc1ccc(C(C=O)=C(C)N)cc1. The highest BCUT2D eigenvalue weighted by molar-refractivity contribution is 6.07. The van der Waals surface area contributed by atoms with Crippen LogP contribution in [-0.2, 0) is 4.79 Å². The van der Waals surface area contributed by atoms with Crippen molar-refractivity contribution in [1.82, 2.24) is 0 Å². The molecule has 0 amide bonds. The first-order chi connectivity index (χ1) is 6.69. The van der Waals surface area contributed by atoms with Crippen LogP contribution in [0.25, 0.3) is 5.57 Å². The van der Waals surface area contributed by atoms with Crippen molar-refractivity contribution in [2.45, 2.75) is 6.92 Å². The fraction of sp³-hybridized carbons (Fsp3) is 0.182. The van der Waals surface area contributed by atoms with Gasteiger partial charge in [-0.1, -0.05) is 12.1 Å². The zero-order chi connectivity index (χ0) is 10.6. The molecule has 0 aliphatic heterocycles. The van der Waals surface area contributed by atoms with Gasteiger partial charge in [0.1, 0.15) is 5.75 Å². The molecule has 74 valence electrons. The van der Waals surface area contributed by atoms with E-state index < -0.39 is 0 Å². The number of rotatable bonds is 3. The summed E-state index contributed by atoms with van der Waals surface area (Å²) in [5.41, 5.74) is 7.41. The average molecular weight is 191 g/mol. The van der Waals surface area contributed by atoms with Gasteiger partial charge in [-0.15, -0.1) is 0 Å². The summed E-state index contributed by atoms with van der Waals surface area (Å²) in [4.78, 5) is 10.7. The molecule has 0 saturated carbocycles. The van der Waals surface area contributed by atoms with Gasteiger partial charge in [0.2, 0.25) is 0 Å². The predicted octanol–water partition coefficient (Wildman–Crippen LogP) is 1.58. The normalized spacial score (nSPS) is 11.9. The van der Waals surface area contributed by atoms with Crippen LogP contribution in [0.4, 0.5) is 0 Å². The van der Waals surface area contributed by atoms with Crippen molar-refractivity contribution in [3.8, 4) is 5.75 Å². The summed E-state index contributed by atoms with van der Waals surface area (Å²) >= 11 is 0. The summed E-state index contributed by atoms with van der Waals surface area (Å²) in [6, 6.07) is 7.20. The summed E-state index contributed by atoms with van der Waals surface area (Å²) < 4.78 is 5.01. The first kappa shape index (κ1) is 10.3. The highest BCUT2D eigenvalue weighted by Crippen LogP contribution is 2.18. The molecule has 2 N–H and O–H groups in total. The summed E-state index contributed by atoms with van der Waals surface area (Å²) in [6.45, 7) is 1.70. The Labute approximate surface area is 83.2 Å². The average Bonchev–Trinajstić information content (AvgIpc) is 2.19. The molecule has 0 fully saturated rings. The van der Waals surface area contributed by atoms with Gasteiger partial charge in [0.15, 0.2) is 6.29 Å². The van der Waals surface area contributed by atoms with Crippen LogP contribution in [0.2, 0.25) is 0 Å². The number of nitrogens with two attached hydrogens (primary N) is 1. The van der Waals surface area contributed by atoms with Crippen molar-refractivity contribution in [3.05, 3.63) is 35.5 Å². The van der Waals surface area contributed by atoms with Crippen molar-refractivity contribution in [2.75, 3.05) is 7.11 Å². The molecule has 0 heterocycles. The second kappa shape index (κ2) is 4.46. The molecular formula is C11H13NO2. The molecule has 3 heteroatoms. The van der Waals surface area contributed by atoms with Crippen molar-refractivity contribution in [2.24, 2.45) is 5.73 Å². The Hall–Kier alpha value is -1.77. The van der Waals surface area contributed by atoms with Gasteiger partial charge < -0.3 is 10.5 Å². The molecule has 3 nitrogen and oxygen atoms in total. The van der Waals surface area contributed by atoms with Crippen LogP contribution in [0.1, 0.15) is 12.5 Å². The Bertz CT molecular complexity index is 348. The third-order valence-electron chi connectivity index (χ3n) is 1.94. The minimum Gasteiger partial charge on any atom is -0.497 e. The molecule has 1 aromatic rings. The Morgan fingerprint density at radius 3 is 2.29 bits per heavy atom. The Morgan fingerprint density at radius 1 is 1.36 bits per heavy atom. The quantitative estimate of drug-likeness (QED) is 0.583. The molecule has 0 saturated heterocycles. The molecule has 1 aromatic carbocycles. The summed E-state index contributed by atoms with van der Waals surface area (Å²) in [7, 11) is 1.60. The highest BCUT2D eigenvalue weighted by Gasteiger charge is 2.02. The van der Waals surface area contributed by atoms with E-state index in [1.54, 1.807) is 38.3 Å². The molecule has 0 bridgehead atoms. The lowest BCUT2D eigenvalue weighted by atomic mass is 10.1. The van der Waals surface area contributed by atoms with Crippen LogP contribution < -0.4 is 10.5 Å². The largest absolute Gasteiger partial charge is 0.497 e. The van der Waals surface area contributed by atoms with E-state index in [0.29, 0.717) is 11.3 Å². The molecule has 0 atom stereocenters. The summed E-state index contributed by atoms with van der Waals surface area (Å²) in [5, 5.41) is 0. The van der Waals surface area contributed by atoms with E-state index in [-0.39, 0.29) is 0 Å². The lowest BCUT2D eigenvalue weighted by molar-refractivity contribution is -0.103. The van der Waals surface area contributed by atoms with E-state index in [1.165, 1.54) is 0 Å². The zero-order valence-electron chi connectivity index (χ0n) is 8.28. The van der Waals surface area contributed by atoms with E-state index in [4.69, 9.17) is 10.5 Å². The monoisotopic (exact) mass is 191 g/mol. The van der Waals surface area contributed by atoms with Crippen LogP contribution >= 0.6 is 0 Å². The van der Waals surface area contributed by atoms with Crippen LogP contribution in [0.3, 0.4) is 0 Å². The Kier molecular flexibility index (Phi) is 3.29. The maximum absolute atomic E-state index is 10.7. The molecule has 0 aliphatic carbocycles. The fourth-order valence-electron chi connectivity index (χ4n) is 1.16. The van der Waals surface area contributed by atoms with Gasteiger partial charge in [0.25, 0.3) is 0 Å². The molecule has 0 aromatic heterocycles. The Balaban J connectivity index is 3.08. The third-order valence-corrected chi connectivity index (χ3v) is 1.94. The number of carbonyl (C=O) groups excluding carboxylic acids is 1. The van der Waals surface area contributed by atoms with Gasteiger partial charge in [-0.2, -0.15) is 0 Å². The lowest BCUT2D eigenvalue weighted by Gasteiger charge is -2.04. The van der Waals surface area contributed by atoms with E-state index in [0.717, 1.165) is 17.6 Å². The van der Waals surface area contributed by atoms with Crippen molar-refractivity contribution in [3.63, 3.8) is 0 Å². The van der Waals surface area contributed by atoms with Gasteiger partial charge in [-0.05, 0) is 24.6 Å². The third kappa shape index (κ3) is 2.13. The smallest absolute Gasteiger partial charge is 0.152 e. The molecule has 0 spiro atoms. The maximum atomic E-state index is 10.7. The Morgan fingerprint density at radius 2 is 1.93 bits per heavy atom. The number of methoxy groups -OCH3 is 1. The maximum Gasteiger partial charge on any atom is 0.152 e. The second-order valence-electron chi connectivity index (χ2n) is 2.94. The second-order valence-corrected chi connectivity index (χ2v) is 2.94. The first-order valence-electron chi connectivity index (χ1n) is 4.25. The molecule has 1 rings (SSSR count). The van der Waals surface area contributed by atoms with Gasteiger partial charge in [0.05, 0.1) is 7.11 Å². The van der Waals surface area contributed by atoms with E-state index in [2.05, 4.69) is 0 Å². The van der Waals surface area contributed by atoms with Crippen molar-refractivity contribution >= 4 is 11.9 Å². The first-order valence-corrected chi connectivity index (χ1v) is 4.25. The van der Waals surface area contributed by atoms with Crippen molar-refractivity contribution < 1.29 is 9.53 Å². The number of benzene rings is 1. The van der Waals surface area contributed by atoms with E-state index in [9.17, 15) is 4.79 Å². The number of hydrogen-bond donors (Lipinski definition) is 1. The fourth-order valence-corrected chi connectivity index (χ4v) is 1.16. The number of allylic oxidation sites excluding steroid dienone is 2. The molecule has 14 heavy (non-hydrogen) atoms. The summed E-state index contributed by atoms with van der Waals surface area (Å²) in [6.07, 6.45) is 0.761. The molecule has 0 aliphatic rings. The van der Waals surface area contributed by atoms with Gasteiger partial charge >= 0.3 is 0 Å². The van der Waals surface area contributed by atoms with Crippen LogP contribution in [0, 0.1) is 0 Å². The summed E-state index contributed by atoms with van der Waals surface area (Å²) in [5.74, 6) is 0.758. The highest BCUT2D eigenvalue weighted by atomic mass is 16.5. The molecule has 0 unspecified atom stereocenters. The number of hydrogen-bond acceptors (Lipinski definition) is 3.